The van der Waals surface area contributed by atoms with Gasteiger partial charge in [0.1, 0.15) is 0 Å². The minimum atomic E-state index is -3.40. The molecule has 0 spiro atoms. The van der Waals surface area contributed by atoms with Gasteiger partial charge in [-0.15, -0.1) is 11.3 Å². The van der Waals surface area contributed by atoms with Crippen molar-refractivity contribution in [3.8, 4) is 0 Å². The van der Waals surface area contributed by atoms with E-state index in [-0.39, 0.29) is 5.03 Å². The predicted octanol–water partition coefficient (Wildman–Crippen LogP) is 4.06. The Morgan fingerprint density at radius 1 is 1.26 bits per heavy atom. The van der Waals surface area contributed by atoms with Crippen LogP contribution < -0.4 is 4.90 Å². The zero-order valence-electron chi connectivity index (χ0n) is 13.7. The molecular formula is C17H22N2O2S2. The lowest BCUT2D eigenvalue weighted by Crippen LogP contribution is -2.29. The Kier molecular flexibility index (Phi) is 4.23. The van der Waals surface area contributed by atoms with Crippen LogP contribution in [0, 0.1) is 0 Å². The van der Waals surface area contributed by atoms with Crippen LogP contribution in [0.15, 0.2) is 40.9 Å². The number of nitrogens with zero attached hydrogens (tertiary/aromatic N) is 2. The van der Waals surface area contributed by atoms with Crippen molar-refractivity contribution in [1.82, 2.24) is 4.98 Å². The molecule has 3 rings (SSSR count). The fourth-order valence-corrected chi connectivity index (χ4v) is 4.81. The van der Waals surface area contributed by atoms with Gasteiger partial charge in [0.15, 0.2) is 14.9 Å². The number of pyridine rings is 1. The number of anilines is 1. The normalized spacial score (nSPS) is 19.3. The van der Waals surface area contributed by atoms with Crippen LogP contribution in [0.25, 0.3) is 0 Å². The van der Waals surface area contributed by atoms with Crippen LogP contribution in [0.5, 0.6) is 0 Å². The molecule has 1 saturated heterocycles. The van der Waals surface area contributed by atoms with E-state index in [9.17, 15) is 8.42 Å². The van der Waals surface area contributed by atoms with Crippen LogP contribution in [0.2, 0.25) is 0 Å². The molecule has 6 heteroatoms. The molecule has 124 valence electrons. The topological polar surface area (TPSA) is 50.3 Å². The Hall–Kier alpha value is -1.40. The van der Waals surface area contributed by atoms with Gasteiger partial charge in [-0.1, -0.05) is 6.07 Å². The van der Waals surface area contributed by atoms with Crippen molar-refractivity contribution in [3.05, 3.63) is 40.7 Å². The lowest BCUT2D eigenvalue weighted by Gasteiger charge is -2.26. The van der Waals surface area contributed by atoms with Crippen LogP contribution in [0.4, 0.5) is 5.69 Å². The van der Waals surface area contributed by atoms with Gasteiger partial charge < -0.3 is 4.90 Å². The Bertz CT molecular complexity index is 760. The molecule has 0 amide bonds. The summed E-state index contributed by atoms with van der Waals surface area (Å²) in [5.41, 5.74) is 0.994. The molecule has 23 heavy (non-hydrogen) atoms. The lowest BCUT2D eigenvalue weighted by molar-refractivity contribution is 0.556. The number of rotatable bonds is 3. The van der Waals surface area contributed by atoms with E-state index in [2.05, 4.69) is 27.4 Å². The van der Waals surface area contributed by atoms with E-state index >= 15 is 0 Å². The highest BCUT2D eigenvalue weighted by molar-refractivity contribution is 7.92. The van der Waals surface area contributed by atoms with Crippen LogP contribution in [-0.4, -0.2) is 24.7 Å². The SMILES string of the molecule is CC(C)(C)S(=O)(=O)c1ccc(N2CCCC2c2cccs2)cn1. The third-order valence-corrected chi connectivity index (χ3v) is 7.64. The Morgan fingerprint density at radius 2 is 2.04 bits per heavy atom. The van der Waals surface area contributed by atoms with Crippen LogP contribution >= 0.6 is 11.3 Å². The van der Waals surface area contributed by atoms with Gasteiger partial charge in [-0.3, -0.25) is 0 Å². The van der Waals surface area contributed by atoms with Gasteiger partial charge in [-0.2, -0.15) is 0 Å². The number of sulfone groups is 1. The summed E-state index contributed by atoms with van der Waals surface area (Å²) in [4.78, 5) is 7.93. The van der Waals surface area contributed by atoms with Gasteiger partial charge in [0.2, 0.25) is 0 Å². The highest BCUT2D eigenvalue weighted by Crippen LogP contribution is 2.38. The molecule has 1 unspecified atom stereocenters. The van der Waals surface area contributed by atoms with Gasteiger partial charge in [0, 0.05) is 11.4 Å². The summed E-state index contributed by atoms with van der Waals surface area (Å²) in [5.74, 6) is 0. The number of thiophene rings is 1. The molecule has 4 nitrogen and oxygen atoms in total. The summed E-state index contributed by atoms with van der Waals surface area (Å²) in [6, 6.07) is 8.15. The van der Waals surface area contributed by atoms with Gasteiger partial charge in [0.25, 0.3) is 0 Å². The van der Waals surface area contributed by atoms with Crippen molar-refractivity contribution >= 4 is 26.9 Å². The lowest BCUT2D eigenvalue weighted by atomic mass is 10.2. The van der Waals surface area contributed by atoms with Gasteiger partial charge in [-0.05, 0) is 57.2 Å². The summed E-state index contributed by atoms with van der Waals surface area (Å²) in [5, 5.41) is 2.25. The first-order valence-corrected chi connectivity index (χ1v) is 10.2. The fraction of sp³-hybridized carbons (Fsp3) is 0.471. The Morgan fingerprint density at radius 3 is 2.61 bits per heavy atom. The maximum Gasteiger partial charge on any atom is 0.200 e. The minimum Gasteiger partial charge on any atom is -0.362 e. The highest BCUT2D eigenvalue weighted by atomic mass is 32.2. The molecule has 0 aliphatic carbocycles. The predicted molar refractivity (Wildman–Crippen MR) is 94.8 cm³/mol. The molecule has 2 aromatic rings. The molecule has 1 aliphatic heterocycles. The van der Waals surface area contributed by atoms with E-state index in [1.165, 1.54) is 4.88 Å². The summed E-state index contributed by atoms with van der Waals surface area (Å²) in [6.45, 7) is 6.08. The zero-order chi connectivity index (χ0) is 16.7. The summed E-state index contributed by atoms with van der Waals surface area (Å²) in [6.07, 6.45) is 3.97. The minimum absolute atomic E-state index is 0.153. The van der Waals surface area contributed by atoms with E-state index in [1.54, 1.807) is 44.4 Å². The maximum absolute atomic E-state index is 12.5. The van der Waals surface area contributed by atoms with Crippen LogP contribution in [0.3, 0.4) is 0 Å². The van der Waals surface area contributed by atoms with Crippen LogP contribution in [-0.2, 0) is 9.84 Å². The summed E-state index contributed by atoms with van der Waals surface area (Å²) < 4.78 is 24.1. The van der Waals surface area contributed by atoms with Gasteiger partial charge in [0.05, 0.1) is 22.7 Å². The van der Waals surface area contributed by atoms with Crippen molar-refractivity contribution in [2.45, 2.75) is 49.4 Å². The molecule has 1 atom stereocenters. The quantitative estimate of drug-likeness (QED) is 0.838. The molecule has 3 heterocycles. The Labute approximate surface area is 142 Å². The van der Waals surface area contributed by atoms with Crippen molar-refractivity contribution in [3.63, 3.8) is 0 Å². The van der Waals surface area contributed by atoms with Crippen molar-refractivity contribution < 1.29 is 8.42 Å². The summed E-state index contributed by atoms with van der Waals surface area (Å²) in [7, 11) is -3.40. The highest BCUT2D eigenvalue weighted by Gasteiger charge is 2.33. The number of hydrogen-bond acceptors (Lipinski definition) is 5. The second kappa shape index (κ2) is 5.91. The molecular weight excluding hydrogens is 328 g/mol. The second-order valence-electron chi connectivity index (χ2n) is 6.84. The standard InChI is InChI=1S/C17H22N2O2S2/c1-17(2,3)23(20,21)16-9-8-13(12-18-16)19-10-4-6-14(19)15-7-5-11-22-15/h5,7-9,11-12,14H,4,6,10H2,1-3H3. The first kappa shape index (κ1) is 16.5. The van der Waals surface area contributed by atoms with E-state index < -0.39 is 14.6 Å². The van der Waals surface area contributed by atoms with Crippen molar-refractivity contribution in [1.29, 1.82) is 0 Å². The smallest absolute Gasteiger partial charge is 0.200 e. The van der Waals surface area contributed by atoms with Gasteiger partial charge >= 0.3 is 0 Å². The Balaban J connectivity index is 1.88. The van der Waals surface area contributed by atoms with E-state index in [4.69, 9.17) is 0 Å². The fourth-order valence-electron chi connectivity index (χ4n) is 2.87. The molecule has 0 aromatic carbocycles. The third-order valence-electron chi connectivity index (χ3n) is 4.26. The van der Waals surface area contributed by atoms with Crippen molar-refractivity contribution in [2.75, 3.05) is 11.4 Å². The molecule has 2 aromatic heterocycles. The monoisotopic (exact) mass is 350 g/mol. The molecule has 1 fully saturated rings. The second-order valence-corrected chi connectivity index (χ2v) is 10.5. The maximum atomic E-state index is 12.5. The van der Waals surface area contributed by atoms with E-state index in [0.717, 1.165) is 25.1 Å². The number of aromatic nitrogens is 1. The third kappa shape index (κ3) is 3.02. The average Bonchev–Trinajstić information content (AvgIpc) is 3.17. The summed E-state index contributed by atoms with van der Waals surface area (Å²) >= 11 is 1.77. The molecule has 1 aliphatic rings. The van der Waals surface area contributed by atoms with Crippen LogP contribution in [0.1, 0.15) is 44.5 Å². The average molecular weight is 351 g/mol. The first-order chi connectivity index (χ1) is 10.8. The largest absolute Gasteiger partial charge is 0.362 e. The zero-order valence-corrected chi connectivity index (χ0v) is 15.3. The van der Waals surface area contributed by atoms with Crippen molar-refractivity contribution in [2.24, 2.45) is 0 Å². The molecule has 0 saturated carbocycles. The van der Waals surface area contributed by atoms with E-state index in [1.807, 2.05) is 6.07 Å². The first-order valence-electron chi connectivity index (χ1n) is 7.81. The van der Waals surface area contributed by atoms with Gasteiger partial charge in [-0.25, -0.2) is 13.4 Å². The van der Waals surface area contributed by atoms with E-state index in [0.29, 0.717) is 6.04 Å². The number of hydrogen-bond donors (Lipinski definition) is 0. The molecule has 0 N–H and O–H groups in total. The molecule has 0 radical (unpaired) electrons. The molecule has 0 bridgehead atoms.